The van der Waals surface area contributed by atoms with Crippen LogP contribution in [0.25, 0.3) is 0 Å². The van der Waals surface area contributed by atoms with E-state index >= 15 is 0 Å². The molecule has 0 heterocycles. The summed E-state index contributed by atoms with van der Waals surface area (Å²) in [5.41, 5.74) is 0.934. The van der Waals surface area contributed by atoms with Crippen LogP contribution in [0.4, 0.5) is 0 Å². The number of nitriles is 1. The first-order valence-electron chi connectivity index (χ1n) is 7.37. The third kappa shape index (κ3) is 6.22. The minimum Gasteiger partial charge on any atom is -0.480 e. The smallest absolute Gasteiger partial charge is 0.326 e. The lowest BCUT2D eigenvalue weighted by molar-refractivity contribution is -0.140. The van der Waals surface area contributed by atoms with E-state index in [0.29, 0.717) is 13.0 Å². The predicted molar refractivity (Wildman–Crippen MR) is 86.2 cm³/mol. The fourth-order valence-corrected chi connectivity index (χ4v) is 1.93. The second-order valence-corrected chi connectivity index (χ2v) is 5.39. The molecule has 0 saturated heterocycles. The SMILES string of the molecule is CC(C)C(N/C=C(/C#N)C(=O)NCCc1ccccc1)C(=O)O. The number of nitrogens with one attached hydrogen (secondary N) is 2. The number of hydrogen-bond donors (Lipinski definition) is 3. The first-order valence-corrected chi connectivity index (χ1v) is 7.37. The van der Waals surface area contributed by atoms with Gasteiger partial charge in [-0.25, -0.2) is 4.79 Å². The van der Waals surface area contributed by atoms with Gasteiger partial charge in [0.05, 0.1) is 0 Å². The summed E-state index contributed by atoms with van der Waals surface area (Å²) in [4.78, 5) is 23.0. The lowest BCUT2D eigenvalue weighted by Gasteiger charge is -2.16. The van der Waals surface area contributed by atoms with Crippen LogP contribution in [0.3, 0.4) is 0 Å². The highest BCUT2D eigenvalue weighted by atomic mass is 16.4. The van der Waals surface area contributed by atoms with Crippen molar-refractivity contribution in [1.29, 1.82) is 5.26 Å². The molecule has 0 bridgehead atoms. The Morgan fingerprint density at radius 2 is 1.96 bits per heavy atom. The summed E-state index contributed by atoms with van der Waals surface area (Å²) in [7, 11) is 0. The van der Waals surface area contributed by atoms with Gasteiger partial charge in [-0.05, 0) is 17.9 Å². The highest BCUT2D eigenvalue weighted by molar-refractivity contribution is 5.97. The third-order valence-electron chi connectivity index (χ3n) is 3.25. The zero-order valence-corrected chi connectivity index (χ0v) is 13.2. The number of carboxylic acid groups (broad SMARTS) is 1. The molecule has 0 aliphatic rings. The molecule has 1 rings (SSSR count). The van der Waals surface area contributed by atoms with E-state index in [1.165, 1.54) is 0 Å². The molecular weight excluding hydrogens is 294 g/mol. The van der Waals surface area contributed by atoms with Gasteiger partial charge in [0.2, 0.25) is 0 Å². The summed E-state index contributed by atoms with van der Waals surface area (Å²) in [6.45, 7) is 3.88. The Labute approximate surface area is 135 Å². The molecule has 6 nitrogen and oxygen atoms in total. The molecule has 1 aromatic carbocycles. The van der Waals surface area contributed by atoms with Crippen LogP contribution in [-0.4, -0.2) is 29.6 Å². The molecule has 1 aromatic rings. The Morgan fingerprint density at radius 1 is 1.30 bits per heavy atom. The monoisotopic (exact) mass is 315 g/mol. The van der Waals surface area contributed by atoms with Crippen LogP contribution >= 0.6 is 0 Å². The van der Waals surface area contributed by atoms with Gasteiger partial charge in [-0.15, -0.1) is 0 Å². The van der Waals surface area contributed by atoms with Crippen molar-refractivity contribution in [2.75, 3.05) is 6.54 Å². The van der Waals surface area contributed by atoms with Crippen molar-refractivity contribution in [3.05, 3.63) is 47.7 Å². The van der Waals surface area contributed by atoms with Crippen LogP contribution in [0.5, 0.6) is 0 Å². The molecular formula is C17H21N3O3. The van der Waals surface area contributed by atoms with Gasteiger partial charge in [-0.3, -0.25) is 4.79 Å². The number of amides is 1. The van der Waals surface area contributed by atoms with Crippen molar-refractivity contribution in [2.45, 2.75) is 26.3 Å². The number of carbonyl (C=O) groups is 2. The minimum atomic E-state index is -1.03. The van der Waals surface area contributed by atoms with Gasteiger partial charge in [0, 0.05) is 12.7 Å². The Kier molecular flexibility index (Phi) is 7.34. The largest absolute Gasteiger partial charge is 0.480 e. The molecule has 122 valence electrons. The van der Waals surface area contributed by atoms with Crippen molar-refractivity contribution >= 4 is 11.9 Å². The molecule has 1 atom stereocenters. The summed E-state index contributed by atoms with van der Waals surface area (Å²) in [5, 5.41) is 23.4. The molecule has 0 aliphatic carbocycles. The molecule has 0 aliphatic heterocycles. The summed E-state index contributed by atoms with van der Waals surface area (Å²) in [6, 6.07) is 10.6. The first-order chi connectivity index (χ1) is 11.0. The Morgan fingerprint density at radius 3 is 2.48 bits per heavy atom. The molecule has 3 N–H and O–H groups in total. The first kappa shape index (κ1) is 18.2. The van der Waals surface area contributed by atoms with Gasteiger partial charge in [-0.2, -0.15) is 5.26 Å². The third-order valence-corrected chi connectivity index (χ3v) is 3.25. The maximum atomic E-state index is 11.9. The average molecular weight is 315 g/mol. The van der Waals surface area contributed by atoms with E-state index in [0.717, 1.165) is 11.8 Å². The number of nitrogens with zero attached hydrogens (tertiary/aromatic N) is 1. The second kappa shape index (κ2) is 9.26. The van der Waals surface area contributed by atoms with Gasteiger partial charge in [-0.1, -0.05) is 44.2 Å². The van der Waals surface area contributed by atoms with E-state index in [1.54, 1.807) is 19.9 Å². The Bertz CT molecular complexity index is 603. The summed E-state index contributed by atoms with van der Waals surface area (Å²) < 4.78 is 0. The van der Waals surface area contributed by atoms with E-state index < -0.39 is 17.9 Å². The van der Waals surface area contributed by atoms with E-state index in [-0.39, 0.29) is 11.5 Å². The molecule has 0 saturated carbocycles. The summed E-state index contributed by atoms with van der Waals surface area (Å²) in [5.74, 6) is -1.73. The zero-order valence-electron chi connectivity index (χ0n) is 13.2. The quantitative estimate of drug-likeness (QED) is 0.498. The van der Waals surface area contributed by atoms with Gasteiger partial charge in [0.25, 0.3) is 5.91 Å². The van der Waals surface area contributed by atoms with Crippen molar-refractivity contribution in [3.63, 3.8) is 0 Å². The minimum absolute atomic E-state index is 0.148. The number of aliphatic carboxylic acids is 1. The van der Waals surface area contributed by atoms with Gasteiger partial charge < -0.3 is 15.7 Å². The number of carboxylic acids is 1. The summed E-state index contributed by atoms with van der Waals surface area (Å²) >= 11 is 0. The molecule has 0 fully saturated rings. The van der Waals surface area contributed by atoms with Crippen LogP contribution in [0.15, 0.2) is 42.1 Å². The zero-order chi connectivity index (χ0) is 17.2. The van der Waals surface area contributed by atoms with Gasteiger partial charge in [0.15, 0.2) is 0 Å². The maximum absolute atomic E-state index is 11.9. The fourth-order valence-electron chi connectivity index (χ4n) is 1.93. The second-order valence-electron chi connectivity index (χ2n) is 5.39. The number of benzene rings is 1. The van der Waals surface area contributed by atoms with Crippen LogP contribution in [0.2, 0.25) is 0 Å². The topological polar surface area (TPSA) is 102 Å². The lowest BCUT2D eigenvalue weighted by atomic mass is 10.1. The fraction of sp³-hybridized carbons (Fsp3) is 0.353. The molecule has 0 spiro atoms. The lowest BCUT2D eigenvalue weighted by Crippen LogP contribution is -2.38. The molecule has 0 aromatic heterocycles. The van der Waals surface area contributed by atoms with E-state index in [9.17, 15) is 9.59 Å². The van der Waals surface area contributed by atoms with Crippen molar-refractivity contribution in [1.82, 2.24) is 10.6 Å². The maximum Gasteiger partial charge on any atom is 0.326 e. The number of hydrogen-bond acceptors (Lipinski definition) is 4. The van der Waals surface area contributed by atoms with Crippen LogP contribution in [0.1, 0.15) is 19.4 Å². The summed E-state index contributed by atoms with van der Waals surface area (Å²) in [6.07, 6.45) is 1.82. The highest BCUT2D eigenvalue weighted by Crippen LogP contribution is 2.03. The molecule has 1 unspecified atom stereocenters. The highest BCUT2D eigenvalue weighted by Gasteiger charge is 2.20. The Hall–Kier alpha value is -2.81. The molecule has 23 heavy (non-hydrogen) atoms. The van der Waals surface area contributed by atoms with Crippen LogP contribution in [-0.2, 0) is 16.0 Å². The van der Waals surface area contributed by atoms with Crippen LogP contribution in [0, 0.1) is 17.2 Å². The van der Waals surface area contributed by atoms with E-state index in [4.69, 9.17) is 10.4 Å². The standard InChI is InChI=1S/C17H21N3O3/c1-12(2)15(17(22)23)20-11-14(10-18)16(21)19-9-8-13-6-4-3-5-7-13/h3-7,11-12,15,20H,8-9H2,1-2H3,(H,19,21)(H,22,23)/b14-11-. The van der Waals surface area contributed by atoms with Crippen molar-refractivity contribution in [3.8, 4) is 6.07 Å². The van der Waals surface area contributed by atoms with Crippen molar-refractivity contribution in [2.24, 2.45) is 5.92 Å². The van der Waals surface area contributed by atoms with E-state index in [1.807, 2.05) is 30.3 Å². The molecule has 1 amide bonds. The normalized spacial score (nSPS) is 12.3. The van der Waals surface area contributed by atoms with Gasteiger partial charge >= 0.3 is 5.97 Å². The number of carbonyl (C=O) groups excluding carboxylic acids is 1. The number of rotatable bonds is 8. The predicted octanol–water partition coefficient (Wildman–Crippen LogP) is 1.45. The van der Waals surface area contributed by atoms with E-state index in [2.05, 4.69) is 10.6 Å². The van der Waals surface area contributed by atoms with Crippen molar-refractivity contribution < 1.29 is 14.7 Å². The average Bonchev–Trinajstić information content (AvgIpc) is 2.51. The van der Waals surface area contributed by atoms with Crippen LogP contribution < -0.4 is 10.6 Å². The molecule has 0 radical (unpaired) electrons. The van der Waals surface area contributed by atoms with Gasteiger partial charge in [0.1, 0.15) is 17.7 Å². The molecule has 6 heteroatoms. The Balaban J connectivity index is 2.56.